The maximum Gasteiger partial charge on any atom is 0.416 e. The second-order valence-corrected chi connectivity index (χ2v) is 6.51. The van der Waals surface area contributed by atoms with Crippen molar-refractivity contribution in [3.63, 3.8) is 0 Å². The van der Waals surface area contributed by atoms with E-state index in [1.165, 1.54) is 0 Å². The van der Waals surface area contributed by atoms with Crippen LogP contribution in [0.4, 0.5) is 18.9 Å². The molecule has 1 fully saturated rings. The minimum atomic E-state index is -4.50. The molecular weight excluding hydrogens is 353 g/mol. The van der Waals surface area contributed by atoms with Crippen molar-refractivity contribution in [2.45, 2.75) is 31.1 Å². The topological polar surface area (TPSA) is 45.7 Å². The van der Waals surface area contributed by atoms with Gasteiger partial charge >= 0.3 is 6.18 Å². The standard InChI is InChI=1S/C18H16ClF3N2O/c19-14-9-6-12(18(20,21)22)10-15(14)24-17(25)16(23-13-7-8-13)11-4-2-1-3-5-11/h1-6,9-10,13,16,23H,7-8H2,(H,24,25)/p+1/t16-/m1/s1. The summed E-state index contributed by atoms with van der Waals surface area (Å²) in [6.07, 6.45) is -2.44. The van der Waals surface area contributed by atoms with Crippen molar-refractivity contribution in [1.82, 2.24) is 0 Å². The van der Waals surface area contributed by atoms with E-state index in [9.17, 15) is 18.0 Å². The molecule has 0 bridgehead atoms. The van der Waals surface area contributed by atoms with Crippen molar-refractivity contribution in [3.05, 3.63) is 64.7 Å². The normalized spacial score (nSPS) is 15.7. The molecule has 1 atom stereocenters. The Morgan fingerprint density at radius 3 is 2.44 bits per heavy atom. The first-order valence-electron chi connectivity index (χ1n) is 7.92. The smallest absolute Gasteiger partial charge is 0.330 e. The Morgan fingerprint density at radius 1 is 1.16 bits per heavy atom. The van der Waals surface area contributed by atoms with Crippen LogP contribution in [0.15, 0.2) is 48.5 Å². The summed E-state index contributed by atoms with van der Waals surface area (Å²) < 4.78 is 38.6. The molecule has 0 heterocycles. The van der Waals surface area contributed by atoms with Crippen LogP contribution in [-0.4, -0.2) is 11.9 Å². The zero-order valence-electron chi connectivity index (χ0n) is 13.2. The van der Waals surface area contributed by atoms with Gasteiger partial charge in [-0.3, -0.25) is 4.79 Å². The van der Waals surface area contributed by atoms with Gasteiger partial charge < -0.3 is 10.6 Å². The summed E-state index contributed by atoms with van der Waals surface area (Å²) in [4.78, 5) is 12.7. The SMILES string of the molecule is O=C(Nc1cc(C(F)(F)F)ccc1Cl)[C@H]([NH2+]C1CC1)c1ccccc1. The van der Waals surface area contributed by atoms with E-state index in [2.05, 4.69) is 5.32 Å². The molecule has 3 rings (SSSR count). The number of benzene rings is 2. The number of alkyl halides is 3. The second kappa shape index (κ2) is 7.06. The van der Waals surface area contributed by atoms with Crippen LogP contribution in [0.3, 0.4) is 0 Å². The minimum Gasteiger partial charge on any atom is -0.330 e. The molecule has 1 aliphatic rings. The summed E-state index contributed by atoms with van der Waals surface area (Å²) in [5.74, 6) is -0.390. The lowest BCUT2D eigenvalue weighted by Gasteiger charge is -2.17. The fourth-order valence-corrected chi connectivity index (χ4v) is 2.74. The molecule has 0 saturated heterocycles. The summed E-state index contributed by atoms with van der Waals surface area (Å²) in [6.45, 7) is 0. The van der Waals surface area contributed by atoms with E-state index < -0.39 is 17.8 Å². The Labute approximate surface area is 148 Å². The van der Waals surface area contributed by atoms with Gasteiger partial charge in [0.2, 0.25) is 0 Å². The number of carbonyl (C=O) groups excluding carboxylic acids is 1. The lowest BCUT2D eigenvalue weighted by atomic mass is 10.1. The van der Waals surface area contributed by atoms with Crippen LogP contribution in [0.5, 0.6) is 0 Å². The molecule has 0 aromatic heterocycles. The average Bonchev–Trinajstić information content (AvgIpc) is 3.38. The molecule has 3 nitrogen and oxygen atoms in total. The van der Waals surface area contributed by atoms with E-state index in [1.807, 2.05) is 35.6 Å². The summed E-state index contributed by atoms with van der Waals surface area (Å²) in [5, 5.41) is 4.57. The zero-order valence-corrected chi connectivity index (χ0v) is 13.9. The van der Waals surface area contributed by atoms with Gasteiger partial charge in [0, 0.05) is 18.4 Å². The predicted octanol–water partition coefficient (Wildman–Crippen LogP) is 3.76. The highest BCUT2D eigenvalue weighted by Gasteiger charge is 2.35. The molecule has 3 N–H and O–H groups in total. The quantitative estimate of drug-likeness (QED) is 0.828. The minimum absolute atomic E-state index is 0.0355. The summed E-state index contributed by atoms with van der Waals surface area (Å²) >= 11 is 5.97. The van der Waals surface area contributed by atoms with Crippen LogP contribution in [0, 0.1) is 0 Å². The van der Waals surface area contributed by atoms with Crippen LogP contribution >= 0.6 is 11.6 Å². The highest BCUT2D eigenvalue weighted by Crippen LogP contribution is 2.34. The van der Waals surface area contributed by atoms with Gasteiger partial charge in [-0.2, -0.15) is 13.2 Å². The van der Waals surface area contributed by atoms with Gasteiger partial charge in [-0.1, -0.05) is 41.9 Å². The average molecular weight is 370 g/mol. The fourth-order valence-electron chi connectivity index (χ4n) is 2.58. The molecule has 1 aliphatic carbocycles. The van der Waals surface area contributed by atoms with Gasteiger partial charge in [-0.25, -0.2) is 0 Å². The van der Waals surface area contributed by atoms with E-state index >= 15 is 0 Å². The number of quaternary nitrogens is 1. The Morgan fingerprint density at radius 2 is 1.84 bits per heavy atom. The van der Waals surface area contributed by atoms with Crippen molar-refractivity contribution < 1.29 is 23.3 Å². The first-order chi connectivity index (χ1) is 11.8. The Hall–Kier alpha value is -2.05. The highest BCUT2D eigenvalue weighted by molar-refractivity contribution is 6.33. The van der Waals surface area contributed by atoms with Gasteiger partial charge in [0.15, 0.2) is 6.04 Å². The van der Waals surface area contributed by atoms with Crippen LogP contribution in [0.2, 0.25) is 5.02 Å². The van der Waals surface area contributed by atoms with Gasteiger partial charge in [0.05, 0.1) is 22.3 Å². The van der Waals surface area contributed by atoms with Crippen LogP contribution < -0.4 is 10.6 Å². The third-order valence-corrected chi connectivity index (χ3v) is 4.41. The largest absolute Gasteiger partial charge is 0.416 e. The van der Waals surface area contributed by atoms with Crippen LogP contribution in [-0.2, 0) is 11.0 Å². The number of carbonyl (C=O) groups is 1. The Kier molecular flexibility index (Phi) is 5.01. The van der Waals surface area contributed by atoms with Crippen molar-refractivity contribution >= 4 is 23.2 Å². The zero-order chi connectivity index (χ0) is 18.0. The van der Waals surface area contributed by atoms with Crippen LogP contribution in [0.1, 0.15) is 30.0 Å². The molecule has 2 aromatic carbocycles. The maximum atomic E-state index is 12.9. The van der Waals surface area contributed by atoms with E-state index in [-0.39, 0.29) is 16.6 Å². The van der Waals surface area contributed by atoms with Crippen molar-refractivity contribution in [3.8, 4) is 0 Å². The Bertz CT molecular complexity index is 761. The monoisotopic (exact) mass is 369 g/mol. The summed E-state index contributed by atoms with van der Waals surface area (Å²) in [7, 11) is 0. The third-order valence-electron chi connectivity index (χ3n) is 4.08. The number of halogens is 4. The first-order valence-corrected chi connectivity index (χ1v) is 8.30. The molecule has 7 heteroatoms. The van der Waals surface area contributed by atoms with E-state index in [0.717, 1.165) is 36.6 Å². The van der Waals surface area contributed by atoms with E-state index in [1.54, 1.807) is 0 Å². The Balaban J connectivity index is 1.84. The van der Waals surface area contributed by atoms with Crippen LogP contribution in [0.25, 0.3) is 0 Å². The molecule has 132 valence electrons. The van der Waals surface area contributed by atoms with Gasteiger partial charge in [-0.15, -0.1) is 0 Å². The maximum absolute atomic E-state index is 12.9. The summed E-state index contributed by atoms with van der Waals surface area (Å²) in [6, 6.07) is 11.9. The van der Waals surface area contributed by atoms with Gasteiger partial charge in [-0.05, 0) is 18.2 Å². The molecular formula is C18H17ClF3N2O+. The molecule has 25 heavy (non-hydrogen) atoms. The number of nitrogens with one attached hydrogen (secondary N) is 1. The number of hydrogen-bond acceptors (Lipinski definition) is 1. The van der Waals surface area contributed by atoms with Gasteiger partial charge in [0.1, 0.15) is 0 Å². The van der Waals surface area contributed by atoms with Crippen molar-refractivity contribution in [2.75, 3.05) is 5.32 Å². The molecule has 0 spiro atoms. The summed E-state index contributed by atoms with van der Waals surface area (Å²) in [5.41, 5.74) is -0.0868. The lowest BCUT2D eigenvalue weighted by Crippen LogP contribution is -2.88. The van der Waals surface area contributed by atoms with Gasteiger partial charge in [0.25, 0.3) is 5.91 Å². The molecule has 1 saturated carbocycles. The number of nitrogens with two attached hydrogens (primary N) is 1. The molecule has 0 radical (unpaired) electrons. The fraction of sp³-hybridized carbons (Fsp3) is 0.278. The number of amides is 1. The van der Waals surface area contributed by atoms with E-state index in [4.69, 9.17) is 11.6 Å². The lowest BCUT2D eigenvalue weighted by molar-refractivity contribution is -0.695. The van der Waals surface area contributed by atoms with Crippen molar-refractivity contribution in [2.24, 2.45) is 0 Å². The molecule has 2 aromatic rings. The second-order valence-electron chi connectivity index (χ2n) is 6.10. The third kappa shape index (κ3) is 4.52. The molecule has 1 amide bonds. The number of anilines is 1. The van der Waals surface area contributed by atoms with E-state index in [0.29, 0.717) is 6.04 Å². The molecule has 0 unspecified atom stereocenters. The highest BCUT2D eigenvalue weighted by atomic mass is 35.5. The van der Waals surface area contributed by atoms with Crippen molar-refractivity contribution in [1.29, 1.82) is 0 Å². The molecule has 0 aliphatic heterocycles. The number of rotatable bonds is 5. The number of hydrogen-bond donors (Lipinski definition) is 2. The first kappa shape index (κ1) is 17.8. The predicted molar refractivity (Wildman–Crippen MR) is 89.2 cm³/mol.